The standard InChI is InChI=1S/C28H31N6O8P/c1-3-39-24(35)15(2)33-43(38,41-18-6-4-17(5-7-18)26-10-16(11-26)12-26)42-22-21-28(22,37)25(36)27(13-29,40-21)20-9-8-19-23(30)31-14-32-34(19)20/h4-9,14-16,21-22,25,36-37H,3,10-12H2,1-2H3,(H,33,38)(H2,30,31,32)/t15-,16?,21+,22?,25-,26?,27-,28-,43?/m0/s1. The zero-order chi connectivity index (χ0) is 30.4. The van der Waals surface area contributed by atoms with E-state index < -0.39 is 49.3 Å². The number of aliphatic hydroxyl groups excluding tert-OH is 1. The largest absolute Gasteiger partial charge is 0.465 e. The summed E-state index contributed by atoms with van der Waals surface area (Å²) in [7, 11) is -4.41. The van der Waals surface area contributed by atoms with Crippen LogP contribution in [0.25, 0.3) is 5.52 Å². The van der Waals surface area contributed by atoms with Crippen LogP contribution >= 0.6 is 7.75 Å². The number of nitrogen functional groups attached to an aromatic ring is 1. The number of fused-ring (bicyclic) bond motifs is 2. The van der Waals surface area contributed by atoms with Crippen LogP contribution in [0.2, 0.25) is 0 Å². The second-order valence-electron chi connectivity index (χ2n) is 11.8. The highest BCUT2D eigenvalue weighted by Crippen LogP contribution is 2.66. The van der Waals surface area contributed by atoms with Gasteiger partial charge in [-0.2, -0.15) is 15.4 Å². The van der Waals surface area contributed by atoms with Gasteiger partial charge in [0.25, 0.3) is 0 Å². The van der Waals surface area contributed by atoms with Crippen molar-refractivity contribution in [3.05, 3.63) is 54.0 Å². The van der Waals surface area contributed by atoms with E-state index in [1.165, 1.54) is 48.7 Å². The van der Waals surface area contributed by atoms with Gasteiger partial charge in [-0.25, -0.2) is 14.1 Å². The number of ether oxygens (including phenoxy) is 2. The lowest BCUT2D eigenvalue weighted by molar-refractivity contribution is -0.144. The van der Waals surface area contributed by atoms with Crippen molar-refractivity contribution >= 4 is 25.1 Å². The van der Waals surface area contributed by atoms with Crippen molar-refractivity contribution in [2.45, 2.75) is 74.1 Å². The summed E-state index contributed by atoms with van der Waals surface area (Å²) in [4.78, 5) is 16.3. The predicted molar refractivity (Wildman–Crippen MR) is 148 cm³/mol. The molecule has 7 atom stereocenters. The SMILES string of the molecule is CCOC(=O)[C@H](C)NP(=O)(Oc1ccc(C23CC(C2)C3)cc1)OC1[C@H]2O[C@@](C#N)(c3ccc4c(N)ncnn34)[C@H](O)[C@@]12O. The zero-order valence-electron chi connectivity index (χ0n) is 23.4. The van der Waals surface area contributed by atoms with E-state index in [-0.39, 0.29) is 29.3 Å². The smallest absolute Gasteiger partial charge is 0.459 e. The van der Waals surface area contributed by atoms with Gasteiger partial charge >= 0.3 is 13.7 Å². The number of esters is 1. The van der Waals surface area contributed by atoms with Crippen molar-refractivity contribution in [1.82, 2.24) is 19.7 Å². The number of rotatable bonds is 10. The number of nitrogens with one attached hydrogen (secondary N) is 1. The van der Waals surface area contributed by atoms with Gasteiger partial charge in [-0.3, -0.25) is 9.32 Å². The van der Waals surface area contributed by atoms with Crippen molar-refractivity contribution in [3.8, 4) is 11.8 Å². The Morgan fingerprint density at radius 2 is 2.02 bits per heavy atom. The van der Waals surface area contributed by atoms with E-state index in [0.717, 1.165) is 5.92 Å². The van der Waals surface area contributed by atoms with Crippen molar-refractivity contribution in [3.63, 3.8) is 0 Å². The molecule has 14 nitrogen and oxygen atoms in total. The molecule has 3 aromatic rings. The first-order valence-corrected chi connectivity index (χ1v) is 15.6. The summed E-state index contributed by atoms with van der Waals surface area (Å²) in [6, 6.07) is 11.1. The minimum absolute atomic E-state index is 0.104. The van der Waals surface area contributed by atoms with Crippen LogP contribution in [-0.2, 0) is 34.4 Å². The molecule has 2 unspecified atom stereocenters. The maximum absolute atomic E-state index is 14.1. The number of nitrogens with zero attached hydrogens (tertiary/aromatic N) is 4. The molecule has 0 radical (unpaired) electrons. The van der Waals surface area contributed by atoms with Gasteiger partial charge in [-0.05, 0) is 74.3 Å². The molecule has 1 aliphatic heterocycles. The van der Waals surface area contributed by atoms with Gasteiger partial charge < -0.3 is 29.9 Å². The molecular formula is C28H31N6O8P. The van der Waals surface area contributed by atoms with Crippen LogP contribution in [0.5, 0.6) is 5.75 Å². The molecule has 1 aromatic carbocycles. The highest BCUT2D eigenvalue weighted by Gasteiger charge is 2.84. The van der Waals surface area contributed by atoms with Crippen LogP contribution in [0, 0.1) is 17.2 Å². The molecule has 15 heteroatoms. The average Bonchev–Trinajstić information content (AvgIpc) is 3.20. The maximum atomic E-state index is 14.1. The van der Waals surface area contributed by atoms with Crippen molar-refractivity contribution < 1.29 is 38.1 Å². The maximum Gasteiger partial charge on any atom is 0.459 e. The number of carbonyl (C=O) groups is 1. The Balaban J connectivity index is 1.14. The highest BCUT2D eigenvalue weighted by atomic mass is 31.2. The first-order chi connectivity index (χ1) is 20.5. The van der Waals surface area contributed by atoms with Crippen molar-refractivity contribution in [1.29, 1.82) is 5.26 Å². The predicted octanol–water partition coefficient (Wildman–Crippen LogP) is 1.70. The monoisotopic (exact) mass is 610 g/mol. The number of benzene rings is 1. The van der Waals surface area contributed by atoms with Crippen LogP contribution in [-0.4, -0.2) is 67.3 Å². The second kappa shape index (κ2) is 9.46. The summed E-state index contributed by atoms with van der Waals surface area (Å²) in [6.07, 6.45) is 0.198. The molecule has 2 aromatic heterocycles. The van der Waals surface area contributed by atoms with Crippen molar-refractivity contribution in [2.75, 3.05) is 12.3 Å². The molecule has 4 saturated carbocycles. The fourth-order valence-electron chi connectivity index (χ4n) is 6.73. The molecule has 5 aliphatic rings. The molecule has 5 fully saturated rings. The van der Waals surface area contributed by atoms with Gasteiger partial charge in [-0.15, -0.1) is 0 Å². The second-order valence-corrected chi connectivity index (χ2v) is 13.5. The van der Waals surface area contributed by atoms with Gasteiger partial charge in [0.15, 0.2) is 11.4 Å². The average molecular weight is 611 g/mol. The first-order valence-electron chi connectivity index (χ1n) is 14.1. The quantitative estimate of drug-likeness (QED) is 0.191. The van der Waals surface area contributed by atoms with E-state index in [9.17, 15) is 24.8 Å². The van der Waals surface area contributed by atoms with Gasteiger partial charge in [0, 0.05) is 0 Å². The Labute approximate surface area is 246 Å². The summed E-state index contributed by atoms with van der Waals surface area (Å²) in [5.74, 6) is 0.473. The minimum Gasteiger partial charge on any atom is -0.465 e. The summed E-state index contributed by atoms with van der Waals surface area (Å²) in [5.41, 5.74) is 3.61. The van der Waals surface area contributed by atoms with E-state index in [4.69, 9.17) is 24.3 Å². The Kier molecular flexibility index (Phi) is 6.21. The van der Waals surface area contributed by atoms with Crippen LogP contribution in [0.3, 0.4) is 0 Å². The Bertz CT molecular complexity index is 1690. The van der Waals surface area contributed by atoms with Gasteiger partial charge in [0.2, 0.25) is 5.60 Å². The number of hydrogen-bond acceptors (Lipinski definition) is 12. The number of aromatic nitrogens is 3. The lowest BCUT2D eigenvalue weighted by Crippen LogP contribution is -2.55. The van der Waals surface area contributed by atoms with Crippen molar-refractivity contribution in [2.24, 2.45) is 5.92 Å². The van der Waals surface area contributed by atoms with Crippen LogP contribution in [0.4, 0.5) is 5.82 Å². The van der Waals surface area contributed by atoms with Crippen LogP contribution < -0.4 is 15.3 Å². The van der Waals surface area contributed by atoms with E-state index in [1.807, 2.05) is 18.2 Å². The number of nitriles is 1. The molecule has 226 valence electrons. The number of anilines is 1. The van der Waals surface area contributed by atoms with Gasteiger partial charge in [0.05, 0.1) is 12.3 Å². The van der Waals surface area contributed by atoms with Crippen LogP contribution in [0.1, 0.15) is 44.4 Å². The third kappa shape index (κ3) is 4.03. The van der Waals surface area contributed by atoms with E-state index in [1.54, 1.807) is 25.1 Å². The number of carbonyl (C=O) groups excluding carboxylic acids is 1. The summed E-state index contributed by atoms with van der Waals surface area (Å²) < 4.78 is 38.1. The molecule has 5 N–H and O–H groups in total. The topological polar surface area (TPSA) is 204 Å². The molecule has 0 amide bonds. The molecule has 43 heavy (non-hydrogen) atoms. The molecule has 8 rings (SSSR count). The number of nitrogens with two attached hydrogens (primary N) is 1. The number of aliphatic hydroxyl groups is 2. The molecule has 4 aliphatic carbocycles. The lowest BCUT2D eigenvalue weighted by atomic mass is 9.42. The lowest BCUT2D eigenvalue weighted by Gasteiger charge is -2.62. The van der Waals surface area contributed by atoms with Gasteiger partial charge in [-0.1, -0.05) is 12.1 Å². The van der Waals surface area contributed by atoms with E-state index in [0.29, 0.717) is 5.52 Å². The fraction of sp³-hybridized carbons (Fsp3) is 0.500. The fourth-order valence-corrected chi connectivity index (χ4v) is 8.45. The molecular weight excluding hydrogens is 579 g/mol. The molecule has 2 bridgehead atoms. The number of hydrogen-bond donors (Lipinski definition) is 4. The summed E-state index contributed by atoms with van der Waals surface area (Å²) in [5, 5.41) is 39.7. The third-order valence-corrected chi connectivity index (χ3v) is 10.9. The highest BCUT2D eigenvalue weighted by molar-refractivity contribution is 7.52. The first kappa shape index (κ1) is 28.2. The van der Waals surface area contributed by atoms with Gasteiger partial charge in [0.1, 0.15) is 48.0 Å². The third-order valence-electron chi connectivity index (χ3n) is 9.22. The summed E-state index contributed by atoms with van der Waals surface area (Å²) in [6.45, 7) is 3.18. The molecule has 0 spiro atoms. The Morgan fingerprint density at radius 3 is 2.60 bits per heavy atom. The molecule has 3 heterocycles. The summed E-state index contributed by atoms with van der Waals surface area (Å²) >= 11 is 0. The van der Waals surface area contributed by atoms with Crippen LogP contribution in [0.15, 0.2) is 42.7 Å². The Hall–Kier alpha value is -3.57. The van der Waals surface area contributed by atoms with E-state index >= 15 is 0 Å². The normalized spacial score (nSPS) is 35.5. The minimum atomic E-state index is -4.41. The zero-order valence-corrected chi connectivity index (χ0v) is 24.3. The molecule has 1 saturated heterocycles. The Morgan fingerprint density at radius 1 is 1.30 bits per heavy atom. The van der Waals surface area contributed by atoms with E-state index in [2.05, 4.69) is 15.2 Å².